The molecule has 3 aromatic rings. The summed E-state index contributed by atoms with van der Waals surface area (Å²) in [5, 5.41) is 0. The summed E-state index contributed by atoms with van der Waals surface area (Å²) in [5.41, 5.74) is 2.71. The average molecular weight is 347 g/mol. The summed E-state index contributed by atoms with van der Waals surface area (Å²) in [4.78, 5) is 31.9. The summed E-state index contributed by atoms with van der Waals surface area (Å²) >= 11 is 0. The number of amides is 1. The van der Waals surface area contributed by atoms with Crippen LogP contribution >= 0.6 is 0 Å². The lowest BCUT2D eigenvalue weighted by molar-refractivity contribution is 0.0727. The summed E-state index contributed by atoms with van der Waals surface area (Å²) in [7, 11) is 0. The van der Waals surface area contributed by atoms with Crippen LogP contribution in [0.15, 0.2) is 59.7 Å². The van der Waals surface area contributed by atoms with Crippen LogP contribution in [0.3, 0.4) is 0 Å². The molecule has 0 saturated heterocycles. The summed E-state index contributed by atoms with van der Waals surface area (Å²) in [6.07, 6.45) is 6.02. The Balaban J connectivity index is 1.65. The molecule has 1 amide bonds. The fraction of sp³-hybridized carbons (Fsp3) is 0.286. The van der Waals surface area contributed by atoms with Crippen LogP contribution in [0.4, 0.5) is 0 Å². The number of nitrogens with zero attached hydrogens (tertiary/aromatic N) is 3. The van der Waals surface area contributed by atoms with Gasteiger partial charge in [-0.3, -0.25) is 14.0 Å². The van der Waals surface area contributed by atoms with Crippen molar-refractivity contribution >= 4 is 11.6 Å². The van der Waals surface area contributed by atoms with Crippen LogP contribution < -0.4 is 5.56 Å². The maximum atomic E-state index is 13.1. The van der Waals surface area contributed by atoms with Crippen LogP contribution in [0.2, 0.25) is 0 Å². The van der Waals surface area contributed by atoms with Gasteiger partial charge in [0, 0.05) is 25.0 Å². The monoisotopic (exact) mass is 347 g/mol. The Morgan fingerprint density at radius 1 is 1.15 bits per heavy atom. The second-order valence-corrected chi connectivity index (χ2v) is 6.74. The first-order valence-corrected chi connectivity index (χ1v) is 9.02. The van der Waals surface area contributed by atoms with Crippen molar-refractivity contribution in [1.29, 1.82) is 0 Å². The highest BCUT2D eigenvalue weighted by atomic mass is 16.2. The highest BCUT2D eigenvalue weighted by molar-refractivity contribution is 5.94. The molecule has 1 fully saturated rings. The fourth-order valence-corrected chi connectivity index (χ4v) is 3.16. The van der Waals surface area contributed by atoms with Crippen molar-refractivity contribution in [3.8, 4) is 0 Å². The summed E-state index contributed by atoms with van der Waals surface area (Å²) in [6, 6.07) is 13.9. The van der Waals surface area contributed by atoms with Gasteiger partial charge in [-0.1, -0.05) is 37.3 Å². The van der Waals surface area contributed by atoms with E-state index in [2.05, 4.69) is 36.2 Å². The van der Waals surface area contributed by atoms with Crippen molar-refractivity contribution in [2.75, 3.05) is 0 Å². The van der Waals surface area contributed by atoms with Gasteiger partial charge in [-0.15, -0.1) is 0 Å². The minimum Gasteiger partial charge on any atom is -0.331 e. The number of fused-ring (bicyclic) bond motifs is 1. The molecule has 1 aliphatic carbocycles. The van der Waals surface area contributed by atoms with Gasteiger partial charge in [0.25, 0.3) is 11.5 Å². The fourth-order valence-electron chi connectivity index (χ4n) is 3.16. The maximum absolute atomic E-state index is 13.1. The third-order valence-corrected chi connectivity index (χ3v) is 4.88. The van der Waals surface area contributed by atoms with Crippen molar-refractivity contribution in [2.24, 2.45) is 0 Å². The van der Waals surface area contributed by atoms with Crippen LogP contribution in [0.5, 0.6) is 0 Å². The molecule has 0 radical (unpaired) electrons. The Kier molecular flexibility index (Phi) is 4.29. The number of hydrogen-bond donors (Lipinski definition) is 0. The van der Waals surface area contributed by atoms with Crippen molar-refractivity contribution in [3.05, 3.63) is 81.9 Å². The topological polar surface area (TPSA) is 54.7 Å². The normalized spacial score (nSPS) is 13.7. The number of carbonyl (C=O) groups is 1. The van der Waals surface area contributed by atoms with Crippen molar-refractivity contribution < 1.29 is 4.79 Å². The number of benzene rings is 1. The van der Waals surface area contributed by atoms with E-state index in [1.165, 1.54) is 16.2 Å². The van der Waals surface area contributed by atoms with Gasteiger partial charge in [0.1, 0.15) is 11.2 Å². The first kappa shape index (κ1) is 16.5. The quantitative estimate of drug-likeness (QED) is 0.713. The zero-order valence-corrected chi connectivity index (χ0v) is 14.8. The molecule has 2 aromatic heterocycles. The van der Waals surface area contributed by atoms with E-state index >= 15 is 0 Å². The molecule has 1 aliphatic rings. The molecule has 0 bridgehead atoms. The molecule has 5 heteroatoms. The third-order valence-electron chi connectivity index (χ3n) is 4.88. The number of hydrogen-bond acceptors (Lipinski definition) is 3. The molecule has 0 unspecified atom stereocenters. The average Bonchev–Trinajstić information content (AvgIpc) is 3.52. The zero-order chi connectivity index (χ0) is 18.1. The number of aryl methyl sites for hydroxylation is 1. The van der Waals surface area contributed by atoms with Gasteiger partial charge in [-0.25, -0.2) is 4.98 Å². The van der Waals surface area contributed by atoms with Gasteiger partial charge in [0.15, 0.2) is 0 Å². The second kappa shape index (κ2) is 6.75. The van der Waals surface area contributed by atoms with E-state index in [0.29, 0.717) is 12.2 Å². The summed E-state index contributed by atoms with van der Waals surface area (Å²) < 4.78 is 1.42. The van der Waals surface area contributed by atoms with Crippen molar-refractivity contribution in [2.45, 2.75) is 38.8 Å². The van der Waals surface area contributed by atoms with Crippen molar-refractivity contribution in [1.82, 2.24) is 14.3 Å². The lowest BCUT2D eigenvalue weighted by atomic mass is 10.1. The van der Waals surface area contributed by atoms with E-state index in [1.807, 2.05) is 11.0 Å². The van der Waals surface area contributed by atoms with Crippen LogP contribution in [0, 0.1) is 0 Å². The van der Waals surface area contributed by atoms with Gasteiger partial charge in [0.2, 0.25) is 0 Å². The first-order chi connectivity index (χ1) is 12.7. The summed E-state index contributed by atoms with van der Waals surface area (Å²) in [5.74, 6) is -0.233. The predicted molar refractivity (Wildman–Crippen MR) is 100 cm³/mol. The van der Waals surface area contributed by atoms with E-state index < -0.39 is 0 Å². The molecule has 0 N–H and O–H groups in total. The van der Waals surface area contributed by atoms with E-state index in [0.717, 1.165) is 24.8 Å². The Bertz CT molecular complexity index is 1000. The highest BCUT2D eigenvalue weighted by Gasteiger charge is 2.34. The van der Waals surface area contributed by atoms with Crippen LogP contribution in [-0.4, -0.2) is 26.2 Å². The third kappa shape index (κ3) is 3.12. The molecule has 1 aromatic carbocycles. The smallest absolute Gasteiger partial charge is 0.270 e. The molecule has 132 valence electrons. The van der Waals surface area contributed by atoms with Gasteiger partial charge in [-0.05, 0) is 42.5 Å². The number of rotatable bonds is 5. The molecule has 0 atom stereocenters. The minimum absolute atomic E-state index is 0.130. The number of aromatic nitrogens is 2. The molecule has 0 aliphatic heterocycles. The molecule has 4 rings (SSSR count). The van der Waals surface area contributed by atoms with Gasteiger partial charge >= 0.3 is 0 Å². The molecular formula is C21H21N3O2. The van der Waals surface area contributed by atoms with Crippen LogP contribution in [0.25, 0.3) is 5.65 Å². The maximum Gasteiger partial charge on any atom is 0.270 e. The molecule has 1 saturated carbocycles. The Hall–Kier alpha value is -2.95. The van der Waals surface area contributed by atoms with E-state index in [9.17, 15) is 9.59 Å². The lowest BCUT2D eigenvalue weighted by Crippen LogP contribution is -2.37. The molecule has 2 heterocycles. The standard InChI is InChI=1S/C21H21N3O2/c1-2-15-6-8-16(9-7-15)14-24(17-10-11-17)21(26)18-13-22-19-5-3-4-12-23(19)20(18)25/h3-9,12-13,17H,2,10-11,14H2,1H3. The van der Waals surface area contributed by atoms with Gasteiger partial charge in [0.05, 0.1) is 0 Å². The Labute approximate surface area is 151 Å². The van der Waals surface area contributed by atoms with Crippen LogP contribution in [-0.2, 0) is 13.0 Å². The lowest BCUT2D eigenvalue weighted by Gasteiger charge is -2.22. The predicted octanol–water partition coefficient (Wildman–Crippen LogP) is 3.06. The molecule has 5 nitrogen and oxygen atoms in total. The van der Waals surface area contributed by atoms with Crippen molar-refractivity contribution in [3.63, 3.8) is 0 Å². The van der Waals surface area contributed by atoms with Gasteiger partial charge in [-0.2, -0.15) is 0 Å². The van der Waals surface area contributed by atoms with Gasteiger partial charge < -0.3 is 4.90 Å². The van der Waals surface area contributed by atoms with E-state index in [-0.39, 0.29) is 23.1 Å². The number of carbonyl (C=O) groups excluding carboxylic acids is 1. The Morgan fingerprint density at radius 3 is 2.58 bits per heavy atom. The van der Waals surface area contributed by atoms with E-state index in [4.69, 9.17) is 0 Å². The zero-order valence-electron chi connectivity index (χ0n) is 14.8. The Morgan fingerprint density at radius 2 is 1.88 bits per heavy atom. The molecular weight excluding hydrogens is 326 g/mol. The SMILES string of the molecule is CCc1ccc(CN(C(=O)c2cnc3ccccn3c2=O)C2CC2)cc1. The second-order valence-electron chi connectivity index (χ2n) is 6.74. The van der Waals surface area contributed by atoms with Crippen LogP contribution in [0.1, 0.15) is 41.3 Å². The largest absolute Gasteiger partial charge is 0.331 e. The molecule has 0 spiro atoms. The summed E-state index contributed by atoms with van der Waals surface area (Å²) in [6.45, 7) is 2.64. The number of pyridine rings is 1. The minimum atomic E-state index is -0.312. The highest BCUT2D eigenvalue weighted by Crippen LogP contribution is 2.29. The first-order valence-electron chi connectivity index (χ1n) is 9.02. The van der Waals surface area contributed by atoms with E-state index in [1.54, 1.807) is 18.3 Å². The molecule has 26 heavy (non-hydrogen) atoms.